The van der Waals surface area contributed by atoms with Crippen molar-refractivity contribution < 1.29 is 9.53 Å². The maximum absolute atomic E-state index is 12.3. The number of amides is 1. The highest BCUT2D eigenvalue weighted by Gasteiger charge is 2.28. The Morgan fingerprint density at radius 1 is 1.47 bits per heavy atom. The zero-order valence-electron chi connectivity index (χ0n) is 10.0. The van der Waals surface area contributed by atoms with Gasteiger partial charge in [0.25, 0.3) is 0 Å². The SMILES string of the molecule is C[C@@H]1COCCN1C(=O)[C@@H](N)c1ccccc1. The largest absolute Gasteiger partial charge is 0.377 e. The van der Waals surface area contributed by atoms with Gasteiger partial charge in [0.2, 0.25) is 5.91 Å². The molecule has 0 radical (unpaired) electrons. The van der Waals surface area contributed by atoms with Crippen LogP contribution < -0.4 is 5.73 Å². The molecule has 0 bridgehead atoms. The highest BCUT2D eigenvalue weighted by Crippen LogP contribution is 2.16. The van der Waals surface area contributed by atoms with Crippen LogP contribution in [-0.4, -0.2) is 36.6 Å². The van der Waals surface area contributed by atoms with Crippen molar-refractivity contribution in [1.82, 2.24) is 4.90 Å². The minimum atomic E-state index is -0.572. The minimum absolute atomic E-state index is 0.0213. The summed E-state index contributed by atoms with van der Waals surface area (Å²) in [5.41, 5.74) is 6.86. The lowest BCUT2D eigenvalue weighted by Crippen LogP contribution is -2.50. The van der Waals surface area contributed by atoms with E-state index >= 15 is 0 Å². The Morgan fingerprint density at radius 2 is 2.18 bits per heavy atom. The average molecular weight is 234 g/mol. The first-order valence-electron chi connectivity index (χ1n) is 5.89. The number of nitrogens with zero attached hydrogens (tertiary/aromatic N) is 1. The summed E-state index contributed by atoms with van der Waals surface area (Å²) in [4.78, 5) is 14.1. The Bertz CT molecular complexity index is 380. The van der Waals surface area contributed by atoms with E-state index < -0.39 is 6.04 Å². The minimum Gasteiger partial charge on any atom is -0.377 e. The molecule has 1 heterocycles. The molecule has 4 nitrogen and oxygen atoms in total. The second-order valence-corrected chi connectivity index (χ2v) is 4.34. The van der Waals surface area contributed by atoms with Crippen LogP contribution in [0.4, 0.5) is 0 Å². The van der Waals surface area contributed by atoms with Crippen LogP contribution in [0.1, 0.15) is 18.5 Å². The van der Waals surface area contributed by atoms with Gasteiger partial charge in [-0.05, 0) is 12.5 Å². The van der Waals surface area contributed by atoms with Gasteiger partial charge in [0.05, 0.1) is 19.3 Å². The third kappa shape index (κ3) is 2.65. The van der Waals surface area contributed by atoms with E-state index in [1.54, 1.807) is 4.90 Å². The van der Waals surface area contributed by atoms with Crippen molar-refractivity contribution in [3.05, 3.63) is 35.9 Å². The highest BCUT2D eigenvalue weighted by atomic mass is 16.5. The Hall–Kier alpha value is -1.39. The van der Waals surface area contributed by atoms with Crippen LogP contribution in [0.5, 0.6) is 0 Å². The van der Waals surface area contributed by atoms with E-state index in [0.29, 0.717) is 19.8 Å². The Balaban J connectivity index is 2.09. The standard InChI is InChI=1S/C13H18N2O2/c1-10-9-17-8-7-15(10)13(16)12(14)11-5-3-2-4-6-11/h2-6,10,12H,7-9,14H2,1H3/t10-,12+/m1/s1. The smallest absolute Gasteiger partial charge is 0.244 e. The number of nitrogens with two attached hydrogens (primary N) is 1. The summed E-state index contributed by atoms with van der Waals surface area (Å²) in [5, 5.41) is 0. The van der Waals surface area contributed by atoms with E-state index in [-0.39, 0.29) is 11.9 Å². The maximum Gasteiger partial charge on any atom is 0.244 e. The van der Waals surface area contributed by atoms with Crippen molar-refractivity contribution in [2.45, 2.75) is 19.0 Å². The van der Waals surface area contributed by atoms with Crippen LogP contribution in [0.3, 0.4) is 0 Å². The van der Waals surface area contributed by atoms with Gasteiger partial charge in [-0.25, -0.2) is 0 Å². The summed E-state index contributed by atoms with van der Waals surface area (Å²) in [7, 11) is 0. The number of morpholine rings is 1. The molecule has 0 aromatic heterocycles. The van der Waals surface area contributed by atoms with Crippen LogP contribution in [-0.2, 0) is 9.53 Å². The first-order chi connectivity index (χ1) is 8.20. The van der Waals surface area contributed by atoms with Gasteiger partial charge in [-0.1, -0.05) is 30.3 Å². The van der Waals surface area contributed by atoms with Gasteiger partial charge in [0, 0.05) is 6.54 Å². The maximum atomic E-state index is 12.3. The van der Waals surface area contributed by atoms with Crippen molar-refractivity contribution in [3.63, 3.8) is 0 Å². The Labute approximate surface area is 101 Å². The summed E-state index contributed by atoms with van der Waals surface area (Å²) in [6.07, 6.45) is 0. The van der Waals surface area contributed by atoms with E-state index in [9.17, 15) is 4.79 Å². The third-order valence-corrected chi connectivity index (χ3v) is 3.08. The third-order valence-electron chi connectivity index (χ3n) is 3.08. The molecule has 1 saturated heterocycles. The lowest BCUT2D eigenvalue weighted by molar-refractivity contribution is -0.140. The zero-order chi connectivity index (χ0) is 12.3. The van der Waals surface area contributed by atoms with Crippen molar-refractivity contribution >= 4 is 5.91 Å². The first kappa shape index (κ1) is 12.1. The average Bonchev–Trinajstić information content (AvgIpc) is 2.39. The molecule has 0 saturated carbocycles. The molecule has 2 atom stereocenters. The van der Waals surface area contributed by atoms with Crippen LogP contribution in [0.15, 0.2) is 30.3 Å². The van der Waals surface area contributed by atoms with Gasteiger partial charge < -0.3 is 15.4 Å². The number of carbonyl (C=O) groups is 1. The highest BCUT2D eigenvalue weighted by molar-refractivity contribution is 5.83. The van der Waals surface area contributed by atoms with E-state index in [4.69, 9.17) is 10.5 Å². The topological polar surface area (TPSA) is 55.6 Å². The number of rotatable bonds is 2. The van der Waals surface area contributed by atoms with Gasteiger partial charge in [-0.3, -0.25) is 4.79 Å². The molecular formula is C13H18N2O2. The summed E-state index contributed by atoms with van der Waals surface area (Å²) in [5.74, 6) is -0.0213. The molecule has 0 aliphatic carbocycles. The normalized spacial score (nSPS) is 22.2. The molecule has 17 heavy (non-hydrogen) atoms. The number of benzene rings is 1. The molecule has 1 aliphatic rings. The molecule has 0 unspecified atom stereocenters. The summed E-state index contributed by atoms with van der Waals surface area (Å²) >= 11 is 0. The summed E-state index contributed by atoms with van der Waals surface area (Å²) < 4.78 is 5.31. The molecular weight excluding hydrogens is 216 g/mol. The number of ether oxygens (including phenoxy) is 1. The molecule has 1 aromatic carbocycles. The van der Waals surface area contributed by atoms with Gasteiger partial charge in [-0.2, -0.15) is 0 Å². The fourth-order valence-electron chi connectivity index (χ4n) is 2.04. The second-order valence-electron chi connectivity index (χ2n) is 4.34. The Kier molecular flexibility index (Phi) is 3.76. The van der Waals surface area contributed by atoms with E-state index in [1.165, 1.54) is 0 Å². The summed E-state index contributed by atoms with van der Waals surface area (Å²) in [6, 6.07) is 9.00. The molecule has 4 heteroatoms. The molecule has 1 aromatic rings. The van der Waals surface area contributed by atoms with Gasteiger partial charge in [0.1, 0.15) is 6.04 Å². The molecule has 1 fully saturated rings. The zero-order valence-corrected chi connectivity index (χ0v) is 10.0. The fourth-order valence-corrected chi connectivity index (χ4v) is 2.04. The molecule has 2 N–H and O–H groups in total. The quantitative estimate of drug-likeness (QED) is 0.828. The lowest BCUT2D eigenvalue weighted by Gasteiger charge is -2.35. The fraction of sp³-hybridized carbons (Fsp3) is 0.462. The molecule has 0 spiro atoms. The first-order valence-corrected chi connectivity index (χ1v) is 5.89. The van der Waals surface area contributed by atoms with Gasteiger partial charge in [-0.15, -0.1) is 0 Å². The monoisotopic (exact) mass is 234 g/mol. The number of hydrogen-bond donors (Lipinski definition) is 1. The van der Waals surface area contributed by atoms with Crippen LogP contribution in [0, 0.1) is 0 Å². The second kappa shape index (κ2) is 5.29. The van der Waals surface area contributed by atoms with Crippen molar-refractivity contribution in [1.29, 1.82) is 0 Å². The van der Waals surface area contributed by atoms with E-state index in [0.717, 1.165) is 5.56 Å². The summed E-state index contributed by atoms with van der Waals surface area (Å²) in [6.45, 7) is 3.79. The van der Waals surface area contributed by atoms with Crippen LogP contribution >= 0.6 is 0 Å². The van der Waals surface area contributed by atoms with E-state index in [1.807, 2.05) is 37.3 Å². The van der Waals surface area contributed by atoms with Crippen molar-refractivity contribution in [2.75, 3.05) is 19.8 Å². The van der Waals surface area contributed by atoms with E-state index in [2.05, 4.69) is 0 Å². The van der Waals surface area contributed by atoms with Crippen molar-refractivity contribution in [2.24, 2.45) is 5.73 Å². The predicted molar refractivity (Wildman–Crippen MR) is 65.4 cm³/mol. The lowest BCUT2D eigenvalue weighted by atomic mass is 10.1. The Morgan fingerprint density at radius 3 is 2.82 bits per heavy atom. The van der Waals surface area contributed by atoms with Gasteiger partial charge in [0.15, 0.2) is 0 Å². The number of carbonyl (C=O) groups excluding carboxylic acids is 1. The molecule has 2 rings (SSSR count). The molecule has 1 amide bonds. The predicted octanol–water partition coefficient (Wildman–Crippen LogP) is 0.934. The van der Waals surface area contributed by atoms with Crippen LogP contribution in [0.2, 0.25) is 0 Å². The van der Waals surface area contributed by atoms with Crippen LogP contribution in [0.25, 0.3) is 0 Å². The number of hydrogen-bond acceptors (Lipinski definition) is 3. The molecule has 1 aliphatic heterocycles. The van der Waals surface area contributed by atoms with Crippen molar-refractivity contribution in [3.8, 4) is 0 Å². The molecule has 92 valence electrons. The van der Waals surface area contributed by atoms with Gasteiger partial charge >= 0.3 is 0 Å².